The Labute approximate surface area is 217 Å². The van der Waals surface area contributed by atoms with Gasteiger partial charge in [-0.3, -0.25) is 0 Å². The van der Waals surface area contributed by atoms with Gasteiger partial charge in [0.2, 0.25) is 20.0 Å². The van der Waals surface area contributed by atoms with Crippen LogP contribution in [0.2, 0.25) is 0 Å². The molecule has 1 saturated heterocycles. The van der Waals surface area contributed by atoms with E-state index in [1.54, 1.807) is 13.8 Å². The summed E-state index contributed by atoms with van der Waals surface area (Å²) in [6.45, 7) is 2.98. The molecule has 1 aliphatic heterocycles. The number of hydrogen-bond acceptors (Lipinski definition) is 10. The molecule has 12 nitrogen and oxygen atoms in total. The van der Waals surface area contributed by atoms with E-state index >= 15 is 0 Å². The average Bonchev–Trinajstić information content (AvgIpc) is 2.81. The monoisotopic (exact) mass is 578 g/mol. The second-order valence-electron chi connectivity index (χ2n) is 8.47. The maximum absolute atomic E-state index is 13.6. The van der Waals surface area contributed by atoms with Crippen molar-refractivity contribution >= 4 is 30.2 Å². The third kappa shape index (κ3) is 5.95. The van der Waals surface area contributed by atoms with Crippen LogP contribution in [0.5, 0.6) is 23.0 Å². The van der Waals surface area contributed by atoms with Crippen LogP contribution < -0.4 is 18.4 Å². The molecule has 0 aromatic heterocycles. The van der Waals surface area contributed by atoms with Gasteiger partial charge in [0, 0.05) is 37.3 Å². The van der Waals surface area contributed by atoms with Gasteiger partial charge in [-0.15, -0.1) is 0 Å². The van der Waals surface area contributed by atoms with Crippen LogP contribution in [-0.2, 0) is 30.2 Å². The molecule has 2 aromatic carbocycles. The molecule has 206 valence electrons. The lowest BCUT2D eigenvalue weighted by molar-refractivity contribution is 0.159. The molecule has 0 unspecified atom stereocenters. The summed E-state index contributed by atoms with van der Waals surface area (Å²) in [6.07, 6.45) is 0.829. The molecule has 15 heteroatoms. The van der Waals surface area contributed by atoms with Crippen molar-refractivity contribution in [2.75, 3.05) is 40.7 Å². The van der Waals surface area contributed by atoms with Gasteiger partial charge >= 0.3 is 10.1 Å². The van der Waals surface area contributed by atoms with Gasteiger partial charge in [-0.1, -0.05) is 0 Å². The van der Waals surface area contributed by atoms with Crippen molar-refractivity contribution in [3.63, 3.8) is 0 Å². The number of ether oxygens (including phenoxy) is 3. The first-order chi connectivity index (χ1) is 17.1. The molecule has 0 amide bonds. The van der Waals surface area contributed by atoms with Crippen LogP contribution in [0, 0.1) is 0 Å². The summed E-state index contributed by atoms with van der Waals surface area (Å²) in [5.41, 5.74) is 0. The Hall–Kier alpha value is -2.59. The first-order valence-corrected chi connectivity index (χ1v) is 15.7. The van der Waals surface area contributed by atoms with Crippen LogP contribution in [0.15, 0.2) is 46.2 Å². The van der Waals surface area contributed by atoms with Crippen molar-refractivity contribution in [1.29, 1.82) is 0 Å². The SMILES string of the molecule is COc1ccc(S(=O)(=O)N2C[C@@H](C)N(S(=O)(=O)c3ccc(OC)c(OS(C)(=O)=O)c3)[C@@H](C)C2)cc1OC. The molecule has 1 heterocycles. The zero-order valence-corrected chi connectivity index (χ0v) is 23.7. The fourth-order valence-corrected chi connectivity index (χ4v) is 8.12. The summed E-state index contributed by atoms with van der Waals surface area (Å²) in [7, 11) is -7.98. The zero-order valence-electron chi connectivity index (χ0n) is 21.2. The predicted octanol–water partition coefficient (Wildman–Crippen LogP) is 1.52. The Kier molecular flexibility index (Phi) is 8.34. The largest absolute Gasteiger partial charge is 0.493 e. The van der Waals surface area contributed by atoms with Gasteiger partial charge in [-0.05, 0) is 38.1 Å². The Morgan fingerprint density at radius 2 is 1.11 bits per heavy atom. The first-order valence-electron chi connectivity index (χ1n) is 11.0. The number of rotatable bonds is 9. The van der Waals surface area contributed by atoms with Crippen LogP contribution in [0.3, 0.4) is 0 Å². The molecule has 0 spiro atoms. The average molecular weight is 579 g/mol. The maximum atomic E-state index is 13.6. The normalized spacial score (nSPS) is 19.8. The lowest BCUT2D eigenvalue weighted by Crippen LogP contribution is -2.59. The summed E-state index contributed by atoms with van der Waals surface area (Å²) in [4.78, 5) is -0.236. The van der Waals surface area contributed by atoms with Gasteiger partial charge in [0.15, 0.2) is 23.0 Å². The number of hydrogen-bond donors (Lipinski definition) is 0. The Morgan fingerprint density at radius 1 is 0.676 bits per heavy atom. The molecular formula is C22H30N2O10S3. The van der Waals surface area contributed by atoms with Gasteiger partial charge in [0.05, 0.1) is 37.4 Å². The smallest absolute Gasteiger partial charge is 0.306 e. The van der Waals surface area contributed by atoms with E-state index in [4.69, 9.17) is 18.4 Å². The highest BCUT2D eigenvalue weighted by atomic mass is 32.2. The summed E-state index contributed by atoms with van der Waals surface area (Å²) in [5.74, 6) is 0.382. The molecule has 0 aliphatic carbocycles. The Balaban J connectivity index is 1.93. The van der Waals surface area contributed by atoms with E-state index in [0.29, 0.717) is 5.75 Å². The van der Waals surface area contributed by atoms with E-state index in [9.17, 15) is 25.3 Å². The van der Waals surface area contributed by atoms with Crippen molar-refractivity contribution < 1.29 is 43.6 Å². The van der Waals surface area contributed by atoms with Gasteiger partial charge < -0.3 is 18.4 Å². The number of benzene rings is 2. The number of piperazine rings is 1. The third-order valence-corrected chi connectivity index (χ3v) is 10.2. The van der Waals surface area contributed by atoms with Crippen LogP contribution >= 0.6 is 0 Å². The second-order valence-corrected chi connectivity index (χ2v) is 13.8. The van der Waals surface area contributed by atoms with E-state index in [1.165, 1.54) is 60.3 Å². The Morgan fingerprint density at radius 3 is 1.57 bits per heavy atom. The summed E-state index contributed by atoms with van der Waals surface area (Å²) >= 11 is 0. The summed E-state index contributed by atoms with van der Waals surface area (Å²) in [5, 5.41) is 0. The van der Waals surface area contributed by atoms with Crippen LogP contribution in [0.1, 0.15) is 13.8 Å². The molecule has 3 rings (SSSR count). The van der Waals surface area contributed by atoms with Crippen molar-refractivity contribution in [3.8, 4) is 23.0 Å². The summed E-state index contributed by atoms with van der Waals surface area (Å²) < 4.78 is 100. The maximum Gasteiger partial charge on any atom is 0.306 e. The van der Waals surface area contributed by atoms with Gasteiger partial charge in [0.1, 0.15) is 0 Å². The van der Waals surface area contributed by atoms with Gasteiger partial charge in [-0.2, -0.15) is 17.0 Å². The lowest BCUT2D eigenvalue weighted by atomic mass is 10.2. The molecule has 1 aliphatic rings. The molecule has 0 saturated carbocycles. The third-order valence-electron chi connectivity index (χ3n) is 5.75. The Bertz CT molecular complexity index is 1460. The minimum absolute atomic E-state index is 0.0152. The molecule has 1 fully saturated rings. The number of methoxy groups -OCH3 is 3. The molecule has 0 radical (unpaired) electrons. The van der Waals surface area contributed by atoms with E-state index in [0.717, 1.165) is 12.3 Å². The molecule has 2 aromatic rings. The number of sulfonamides is 2. The van der Waals surface area contributed by atoms with Crippen LogP contribution in [-0.4, -0.2) is 86.6 Å². The van der Waals surface area contributed by atoms with Crippen molar-refractivity contribution in [1.82, 2.24) is 8.61 Å². The second kappa shape index (κ2) is 10.6. The molecule has 0 N–H and O–H groups in total. The highest BCUT2D eigenvalue weighted by Crippen LogP contribution is 2.35. The predicted molar refractivity (Wildman–Crippen MR) is 135 cm³/mol. The van der Waals surface area contributed by atoms with E-state index in [2.05, 4.69) is 0 Å². The van der Waals surface area contributed by atoms with Gasteiger partial charge in [0.25, 0.3) is 0 Å². The molecule has 2 atom stereocenters. The van der Waals surface area contributed by atoms with Crippen LogP contribution in [0.25, 0.3) is 0 Å². The minimum Gasteiger partial charge on any atom is -0.493 e. The van der Waals surface area contributed by atoms with Crippen molar-refractivity contribution in [3.05, 3.63) is 36.4 Å². The first kappa shape index (κ1) is 29.0. The molecule has 37 heavy (non-hydrogen) atoms. The van der Waals surface area contributed by atoms with E-state index in [1.807, 2.05) is 0 Å². The quantitative estimate of drug-likeness (QED) is 0.402. The number of nitrogens with zero attached hydrogens (tertiary/aromatic N) is 2. The standard InChI is InChI=1S/C22H30N2O10S3/c1-15-13-23(36(27,28)17-7-9-19(31-3)21(11-17)33-5)14-16(2)24(15)37(29,30)18-8-10-20(32-4)22(12-18)34-35(6,25)26/h7-12,15-16H,13-14H2,1-6H3/t15-,16+. The molecule has 0 bridgehead atoms. The van der Waals surface area contributed by atoms with Crippen molar-refractivity contribution in [2.45, 2.75) is 35.7 Å². The fourth-order valence-electron chi connectivity index (χ4n) is 4.22. The van der Waals surface area contributed by atoms with E-state index < -0.39 is 42.2 Å². The highest BCUT2D eigenvalue weighted by molar-refractivity contribution is 7.89. The van der Waals surface area contributed by atoms with Crippen LogP contribution in [0.4, 0.5) is 0 Å². The van der Waals surface area contributed by atoms with Crippen molar-refractivity contribution in [2.24, 2.45) is 0 Å². The lowest BCUT2D eigenvalue weighted by Gasteiger charge is -2.42. The zero-order chi connectivity index (χ0) is 27.8. The minimum atomic E-state index is -4.17. The fraction of sp³-hybridized carbons (Fsp3) is 0.455. The highest BCUT2D eigenvalue weighted by Gasteiger charge is 2.42. The van der Waals surface area contributed by atoms with E-state index in [-0.39, 0.29) is 40.1 Å². The van der Waals surface area contributed by atoms with Gasteiger partial charge in [-0.25, -0.2) is 16.8 Å². The topological polar surface area (TPSA) is 146 Å². The molecular weight excluding hydrogens is 548 g/mol. The summed E-state index contributed by atoms with van der Waals surface area (Å²) in [6, 6.07) is 6.38.